The van der Waals surface area contributed by atoms with E-state index in [0.717, 1.165) is 68.6 Å². The highest BCUT2D eigenvalue weighted by atomic mass is 16.6. The molecule has 1 aromatic carbocycles. The van der Waals surface area contributed by atoms with E-state index in [1.807, 2.05) is 23.1 Å². The average Bonchev–Trinajstić information content (AvgIpc) is 3.30. The first-order valence-corrected chi connectivity index (χ1v) is 10.7. The summed E-state index contributed by atoms with van der Waals surface area (Å²) in [5.41, 5.74) is 1.14. The van der Waals surface area contributed by atoms with Gasteiger partial charge in [0.25, 0.3) is 0 Å². The van der Waals surface area contributed by atoms with Gasteiger partial charge in [-0.2, -0.15) is 0 Å². The van der Waals surface area contributed by atoms with Gasteiger partial charge in [-0.15, -0.1) is 0 Å². The molecule has 1 unspecified atom stereocenters. The minimum Gasteiger partial charge on any atom is -0.486 e. The van der Waals surface area contributed by atoms with Crippen molar-refractivity contribution in [2.24, 2.45) is 0 Å². The van der Waals surface area contributed by atoms with Crippen LogP contribution < -0.4 is 14.4 Å². The zero-order valence-corrected chi connectivity index (χ0v) is 17.1. The molecule has 3 aliphatic heterocycles. The van der Waals surface area contributed by atoms with Crippen molar-refractivity contribution in [2.45, 2.75) is 18.9 Å². The Morgan fingerprint density at radius 1 is 1.00 bits per heavy atom. The molecule has 0 bridgehead atoms. The lowest BCUT2D eigenvalue weighted by molar-refractivity contribution is -0.133. The van der Waals surface area contributed by atoms with Crippen LogP contribution in [0.4, 0.5) is 5.95 Å². The molecule has 2 fully saturated rings. The van der Waals surface area contributed by atoms with Crippen molar-refractivity contribution in [1.82, 2.24) is 19.8 Å². The summed E-state index contributed by atoms with van der Waals surface area (Å²) >= 11 is 0. The molecule has 0 saturated carbocycles. The van der Waals surface area contributed by atoms with Gasteiger partial charge in [-0.05, 0) is 36.6 Å². The summed E-state index contributed by atoms with van der Waals surface area (Å²) in [6.07, 6.45) is 5.56. The number of nitrogens with zero attached hydrogens (tertiary/aromatic N) is 5. The lowest BCUT2D eigenvalue weighted by Crippen LogP contribution is -2.50. The molecule has 158 valence electrons. The summed E-state index contributed by atoms with van der Waals surface area (Å²) in [5.74, 6) is 2.55. The SMILES string of the molecule is O=C(CN1CCN(c2ncccn2)CC1)N1CCCC1c1ccc2c(c1)OCCO2. The van der Waals surface area contributed by atoms with Gasteiger partial charge in [0.15, 0.2) is 11.5 Å². The summed E-state index contributed by atoms with van der Waals surface area (Å²) in [6.45, 7) is 5.79. The molecule has 8 nitrogen and oxygen atoms in total. The van der Waals surface area contributed by atoms with Gasteiger partial charge in [-0.25, -0.2) is 9.97 Å². The highest BCUT2D eigenvalue weighted by Gasteiger charge is 2.32. The number of likely N-dealkylation sites (tertiary alicyclic amines) is 1. The molecular weight excluding hydrogens is 382 g/mol. The molecule has 3 aliphatic rings. The first-order chi connectivity index (χ1) is 14.8. The molecule has 8 heteroatoms. The highest BCUT2D eigenvalue weighted by Crippen LogP contribution is 2.38. The molecule has 2 aromatic rings. The zero-order valence-electron chi connectivity index (χ0n) is 17.1. The van der Waals surface area contributed by atoms with Crippen molar-refractivity contribution in [3.8, 4) is 11.5 Å². The number of hydrogen-bond donors (Lipinski definition) is 0. The van der Waals surface area contributed by atoms with Crippen molar-refractivity contribution in [1.29, 1.82) is 0 Å². The van der Waals surface area contributed by atoms with Gasteiger partial charge in [0.2, 0.25) is 11.9 Å². The van der Waals surface area contributed by atoms with E-state index in [0.29, 0.717) is 19.8 Å². The van der Waals surface area contributed by atoms with E-state index in [9.17, 15) is 4.79 Å². The van der Waals surface area contributed by atoms with E-state index in [1.165, 1.54) is 0 Å². The van der Waals surface area contributed by atoms with Crippen LogP contribution in [0.15, 0.2) is 36.7 Å². The van der Waals surface area contributed by atoms with Crippen LogP contribution in [0.5, 0.6) is 11.5 Å². The maximum Gasteiger partial charge on any atom is 0.237 e. The third-order valence-corrected chi connectivity index (χ3v) is 6.09. The summed E-state index contributed by atoms with van der Waals surface area (Å²) in [6, 6.07) is 8.03. The van der Waals surface area contributed by atoms with Crippen LogP contribution in [-0.4, -0.2) is 78.2 Å². The Labute approximate surface area is 176 Å². The van der Waals surface area contributed by atoms with Gasteiger partial charge in [0, 0.05) is 45.1 Å². The Morgan fingerprint density at radius 2 is 1.77 bits per heavy atom. The molecule has 5 rings (SSSR count). The second kappa shape index (κ2) is 8.47. The van der Waals surface area contributed by atoms with E-state index >= 15 is 0 Å². The second-order valence-corrected chi connectivity index (χ2v) is 7.96. The average molecular weight is 409 g/mol. The predicted octanol–water partition coefficient (Wildman–Crippen LogP) is 1.73. The largest absolute Gasteiger partial charge is 0.486 e. The third-order valence-electron chi connectivity index (χ3n) is 6.09. The Morgan fingerprint density at radius 3 is 2.57 bits per heavy atom. The van der Waals surface area contributed by atoms with Gasteiger partial charge in [-0.1, -0.05) is 6.07 Å². The fourth-order valence-electron chi connectivity index (χ4n) is 4.52. The molecule has 0 aliphatic carbocycles. The number of benzene rings is 1. The van der Waals surface area contributed by atoms with E-state index in [-0.39, 0.29) is 11.9 Å². The number of rotatable bonds is 4. The van der Waals surface area contributed by atoms with Crippen LogP contribution in [-0.2, 0) is 4.79 Å². The summed E-state index contributed by atoms with van der Waals surface area (Å²) < 4.78 is 11.4. The minimum absolute atomic E-state index is 0.118. The number of fused-ring (bicyclic) bond motifs is 1. The van der Waals surface area contributed by atoms with Crippen LogP contribution in [0.25, 0.3) is 0 Å². The van der Waals surface area contributed by atoms with E-state index in [4.69, 9.17) is 9.47 Å². The molecule has 1 aromatic heterocycles. The van der Waals surface area contributed by atoms with Gasteiger partial charge >= 0.3 is 0 Å². The van der Waals surface area contributed by atoms with Gasteiger partial charge < -0.3 is 19.3 Å². The Balaban J connectivity index is 1.20. The second-order valence-electron chi connectivity index (χ2n) is 7.96. The highest BCUT2D eigenvalue weighted by molar-refractivity contribution is 5.79. The van der Waals surface area contributed by atoms with Crippen LogP contribution in [0.3, 0.4) is 0 Å². The Kier molecular flexibility index (Phi) is 5.40. The van der Waals surface area contributed by atoms with Crippen molar-refractivity contribution >= 4 is 11.9 Å². The third kappa shape index (κ3) is 3.92. The normalized spacial score (nSPS) is 21.7. The van der Waals surface area contributed by atoms with Crippen molar-refractivity contribution in [2.75, 3.05) is 57.4 Å². The monoisotopic (exact) mass is 409 g/mol. The summed E-state index contributed by atoms with van der Waals surface area (Å²) in [7, 11) is 0. The Hall–Kier alpha value is -2.87. The lowest BCUT2D eigenvalue weighted by Gasteiger charge is -2.35. The molecule has 0 radical (unpaired) electrons. The summed E-state index contributed by atoms with van der Waals surface area (Å²) in [4.78, 5) is 28.2. The number of anilines is 1. The number of carbonyl (C=O) groups is 1. The van der Waals surface area contributed by atoms with E-state index in [1.54, 1.807) is 12.4 Å². The van der Waals surface area contributed by atoms with E-state index < -0.39 is 0 Å². The first kappa shape index (κ1) is 19.1. The molecule has 0 N–H and O–H groups in total. The van der Waals surface area contributed by atoms with Crippen LogP contribution >= 0.6 is 0 Å². The molecule has 30 heavy (non-hydrogen) atoms. The molecule has 0 spiro atoms. The standard InChI is InChI=1S/C22H27N5O3/c28-21(16-25-9-11-26(12-10-25)22-23-6-2-7-24-22)27-8-1-3-18(27)17-4-5-19-20(15-17)30-14-13-29-19/h2,4-7,15,18H,1,3,8-14,16H2. The number of hydrogen-bond acceptors (Lipinski definition) is 7. The van der Waals surface area contributed by atoms with Gasteiger partial charge in [0.1, 0.15) is 13.2 Å². The minimum atomic E-state index is 0.118. The fourth-order valence-corrected chi connectivity index (χ4v) is 4.52. The number of amides is 1. The predicted molar refractivity (Wildman–Crippen MR) is 112 cm³/mol. The molecule has 1 amide bonds. The van der Waals surface area contributed by atoms with Crippen molar-refractivity contribution in [3.05, 3.63) is 42.2 Å². The smallest absolute Gasteiger partial charge is 0.237 e. The molecule has 1 atom stereocenters. The van der Waals surface area contributed by atoms with E-state index in [2.05, 4.69) is 25.8 Å². The Bertz CT molecular complexity index is 886. The maximum atomic E-state index is 13.1. The zero-order chi connectivity index (χ0) is 20.3. The number of carbonyl (C=O) groups excluding carboxylic acids is 1. The number of ether oxygens (including phenoxy) is 2. The number of aromatic nitrogens is 2. The lowest BCUT2D eigenvalue weighted by atomic mass is 10.0. The van der Waals surface area contributed by atoms with Gasteiger partial charge in [0.05, 0.1) is 12.6 Å². The molecule has 2 saturated heterocycles. The fraction of sp³-hybridized carbons (Fsp3) is 0.500. The van der Waals surface area contributed by atoms with Crippen molar-refractivity contribution < 1.29 is 14.3 Å². The molecule has 4 heterocycles. The maximum absolute atomic E-state index is 13.1. The quantitative estimate of drug-likeness (QED) is 0.762. The topological polar surface area (TPSA) is 71.0 Å². The van der Waals surface area contributed by atoms with Crippen molar-refractivity contribution in [3.63, 3.8) is 0 Å². The molecular formula is C22H27N5O3. The van der Waals surface area contributed by atoms with Crippen LogP contribution in [0.1, 0.15) is 24.4 Å². The first-order valence-electron chi connectivity index (χ1n) is 10.7. The van der Waals surface area contributed by atoms with Crippen LogP contribution in [0.2, 0.25) is 0 Å². The summed E-state index contributed by atoms with van der Waals surface area (Å²) in [5, 5.41) is 0. The van der Waals surface area contributed by atoms with Gasteiger partial charge in [-0.3, -0.25) is 9.69 Å². The van der Waals surface area contributed by atoms with Crippen LogP contribution in [0, 0.1) is 0 Å². The number of piperazine rings is 1.